The van der Waals surface area contributed by atoms with Gasteiger partial charge in [0.05, 0.1) is 17.2 Å². The number of hydrogen-bond donors (Lipinski definition) is 0. The standard InChI is InChI=1S/C12H9NO2/c14-8-9-4-3-5-10(12(9)15)11-6-1-2-7-13-11/h1-8,10H. The van der Waals surface area contributed by atoms with E-state index in [1.54, 1.807) is 30.5 Å². The summed E-state index contributed by atoms with van der Waals surface area (Å²) in [6.45, 7) is 0. The molecule has 0 spiro atoms. The van der Waals surface area contributed by atoms with Crippen molar-refractivity contribution in [1.29, 1.82) is 0 Å². The Bertz CT molecular complexity index is 446. The van der Waals surface area contributed by atoms with Crippen LogP contribution in [0.3, 0.4) is 0 Å². The number of hydrogen-bond acceptors (Lipinski definition) is 3. The van der Waals surface area contributed by atoms with Crippen molar-refractivity contribution in [3.8, 4) is 0 Å². The highest BCUT2D eigenvalue weighted by Gasteiger charge is 2.23. The van der Waals surface area contributed by atoms with E-state index < -0.39 is 5.92 Å². The summed E-state index contributed by atoms with van der Waals surface area (Å²) in [7, 11) is 0. The molecule has 1 unspecified atom stereocenters. The van der Waals surface area contributed by atoms with Crippen molar-refractivity contribution in [2.24, 2.45) is 0 Å². The fourth-order valence-corrected chi connectivity index (χ4v) is 1.51. The fourth-order valence-electron chi connectivity index (χ4n) is 1.51. The molecule has 1 aliphatic rings. The topological polar surface area (TPSA) is 47.0 Å². The van der Waals surface area contributed by atoms with E-state index >= 15 is 0 Å². The normalized spacial score (nSPS) is 19.9. The highest BCUT2D eigenvalue weighted by Crippen LogP contribution is 2.22. The maximum Gasteiger partial charge on any atom is 0.178 e. The van der Waals surface area contributed by atoms with Gasteiger partial charge in [-0.05, 0) is 18.2 Å². The summed E-state index contributed by atoms with van der Waals surface area (Å²) in [5, 5.41) is 0. The minimum absolute atomic E-state index is 0.189. The molecule has 0 N–H and O–H groups in total. The van der Waals surface area contributed by atoms with Gasteiger partial charge in [0.2, 0.25) is 0 Å². The molecule has 74 valence electrons. The van der Waals surface area contributed by atoms with E-state index in [0.717, 1.165) is 0 Å². The van der Waals surface area contributed by atoms with E-state index in [0.29, 0.717) is 12.0 Å². The van der Waals surface area contributed by atoms with Gasteiger partial charge in [-0.15, -0.1) is 0 Å². The molecule has 2 rings (SSSR count). The molecular formula is C12H9NO2. The van der Waals surface area contributed by atoms with Crippen LogP contribution in [-0.4, -0.2) is 17.1 Å². The number of carbonyl (C=O) groups is 2. The van der Waals surface area contributed by atoms with Crippen molar-refractivity contribution in [3.63, 3.8) is 0 Å². The summed E-state index contributed by atoms with van der Waals surface area (Å²) in [4.78, 5) is 26.5. The van der Waals surface area contributed by atoms with Gasteiger partial charge < -0.3 is 0 Å². The summed E-state index contributed by atoms with van der Waals surface area (Å²) in [6, 6.07) is 5.39. The molecule has 15 heavy (non-hydrogen) atoms. The highest BCUT2D eigenvalue weighted by atomic mass is 16.1. The lowest BCUT2D eigenvalue weighted by Gasteiger charge is -2.13. The third kappa shape index (κ3) is 1.76. The minimum Gasteiger partial charge on any atom is -0.298 e. The second-order valence-electron chi connectivity index (χ2n) is 3.22. The summed E-state index contributed by atoms with van der Waals surface area (Å²) >= 11 is 0. The molecule has 1 atom stereocenters. The van der Waals surface area contributed by atoms with Crippen LogP contribution in [0.15, 0.2) is 48.2 Å². The van der Waals surface area contributed by atoms with E-state index in [4.69, 9.17) is 0 Å². The first-order chi connectivity index (χ1) is 7.33. The first-order valence-electron chi connectivity index (χ1n) is 4.62. The molecule has 0 aliphatic heterocycles. The number of pyridine rings is 1. The first kappa shape index (κ1) is 9.52. The average Bonchev–Trinajstić information content (AvgIpc) is 2.30. The van der Waals surface area contributed by atoms with Crippen LogP contribution in [-0.2, 0) is 9.59 Å². The van der Waals surface area contributed by atoms with Crippen LogP contribution >= 0.6 is 0 Å². The van der Waals surface area contributed by atoms with Crippen LogP contribution in [0, 0.1) is 0 Å². The van der Waals surface area contributed by atoms with Gasteiger partial charge >= 0.3 is 0 Å². The van der Waals surface area contributed by atoms with Crippen LogP contribution in [0.2, 0.25) is 0 Å². The Hall–Kier alpha value is -2.03. The molecule has 1 heterocycles. The number of aldehydes is 1. The van der Waals surface area contributed by atoms with Crippen molar-refractivity contribution in [2.45, 2.75) is 5.92 Å². The number of Topliss-reactive ketones (excluding diaryl/α,β-unsaturated/α-hetero) is 1. The monoisotopic (exact) mass is 199 g/mol. The SMILES string of the molecule is O=CC1=CC=CC(c2ccccn2)C1=O. The molecule has 0 saturated carbocycles. The summed E-state index contributed by atoms with van der Waals surface area (Å²) in [5.41, 5.74) is 0.874. The lowest BCUT2D eigenvalue weighted by Crippen LogP contribution is -2.17. The van der Waals surface area contributed by atoms with Crippen LogP contribution in [0.1, 0.15) is 11.6 Å². The van der Waals surface area contributed by atoms with E-state index in [-0.39, 0.29) is 11.4 Å². The number of nitrogens with zero attached hydrogens (tertiary/aromatic N) is 1. The number of aromatic nitrogens is 1. The van der Waals surface area contributed by atoms with Gasteiger partial charge in [0.1, 0.15) is 0 Å². The van der Waals surface area contributed by atoms with Crippen LogP contribution in [0.25, 0.3) is 0 Å². The quantitative estimate of drug-likeness (QED) is 0.534. The van der Waals surface area contributed by atoms with Crippen molar-refractivity contribution in [1.82, 2.24) is 4.98 Å². The summed E-state index contributed by atoms with van der Waals surface area (Å²) in [5.74, 6) is -0.609. The van der Waals surface area contributed by atoms with Crippen LogP contribution < -0.4 is 0 Å². The molecular weight excluding hydrogens is 190 g/mol. The van der Waals surface area contributed by atoms with Gasteiger partial charge in [-0.2, -0.15) is 0 Å². The zero-order chi connectivity index (χ0) is 10.7. The third-order valence-corrected chi connectivity index (χ3v) is 2.28. The molecule has 1 aromatic rings. The number of ketones is 1. The molecule has 1 aromatic heterocycles. The van der Waals surface area contributed by atoms with E-state index in [1.165, 1.54) is 6.08 Å². The van der Waals surface area contributed by atoms with Gasteiger partial charge in [-0.3, -0.25) is 14.6 Å². The molecule has 0 aromatic carbocycles. The Morgan fingerprint density at radius 2 is 2.20 bits per heavy atom. The van der Waals surface area contributed by atoms with Crippen LogP contribution in [0.5, 0.6) is 0 Å². The van der Waals surface area contributed by atoms with Crippen molar-refractivity contribution in [3.05, 3.63) is 53.9 Å². The lowest BCUT2D eigenvalue weighted by atomic mass is 9.90. The molecule has 1 aliphatic carbocycles. The molecule has 0 bridgehead atoms. The third-order valence-electron chi connectivity index (χ3n) is 2.28. The second kappa shape index (κ2) is 4.00. The number of carbonyl (C=O) groups excluding carboxylic acids is 2. The number of allylic oxidation sites excluding steroid dienone is 4. The smallest absolute Gasteiger partial charge is 0.178 e. The van der Waals surface area contributed by atoms with E-state index in [2.05, 4.69) is 4.98 Å². The Kier molecular flexibility index (Phi) is 2.54. The van der Waals surface area contributed by atoms with Gasteiger partial charge in [0, 0.05) is 6.20 Å². The van der Waals surface area contributed by atoms with Gasteiger partial charge in [-0.1, -0.05) is 18.2 Å². The zero-order valence-electron chi connectivity index (χ0n) is 7.96. The maximum atomic E-state index is 11.8. The van der Waals surface area contributed by atoms with Crippen LogP contribution in [0.4, 0.5) is 0 Å². The van der Waals surface area contributed by atoms with E-state index in [1.807, 2.05) is 6.07 Å². The van der Waals surface area contributed by atoms with E-state index in [9.17, 15) is 9.59 Å². The summed E-state index contributed by atoms with van der Waals surface area (Å²) in [6.07, 6.45) is 7.20. The Morgan fingerprint density at radius 1 is 1.33 bits per heavy atom. The Balaban J connectivity index is 2.34. The number of rotatable bonds is 2. The van der Waals surface area contributed by atoms with Crippen molar-refractivity contribution in [2.75, 3.05) is 0 Å². The lowest BCUT2D eigenvalue weighted by molar-refractivity contribution is -0.118. The molecule has 0 fully saturated rings. The predicted molar refractivity (Wildman–Crippen MR) is 55.3 cm³/mol. The average molecular weight is 199 g/mol. The first-order valence-corrected chi connectivity index (χ1v) is 4.62. The van der Waals surface area contributed by atoms with Gasteiger partial charge in [0.25, 0.3) is 0 Å². The fraction of sp³-hybridized carbons (Fsp3) is 0.0833. The minimum atomic E-state index is -0.420. The maximum absolute atomic E-state index is 11.8. The zero-order valence-corrected chi connectivity index (χ0v) is 7.96. The molecule has 3 heteroatoms. The largest absolute Gasteiger partial charge is 0.298 e. The van der Waals surface area contributed by atoms with Gasteiger partial charge in [0.15, 0.2) is 12.1 Å². The molecule has 0 radical (unpaired) electrons. The predicted octanol–water partition coefficient (Wildman–Crippen LogP) is 1.43. The molecule has 3 nitrogen and oxygen atoms in total. The highest BCUT2D eigenvalue weighted by molar-refractivity contribution is 6.16. The van der Waals surface area contributed by atoms with Crippen molar-refractivity contribution >= 4 is 12.1 Å². The second-order valence-corrected chi connectivity index (χ2v) is 3.22. The Morgan fingerprint density at radius 3 is 2.87 bits per heavy atom. The summed E-state index contributed by atoms with van der Waals surface area (Å²) < 4.78 is 0. The van der Waals surface area contributed by atoms with Gasteiger partial charge in [-0.25, -0.2) is 0 Å². The Labute approximate surface area is 87.1 Å². The molecule has 0 amide bonds. The molecule has 0 saturated heterocycles. The van der Waals surface area contributed by atoms with Crippen molar-refractivity contribution < 1.29 is 9.59 Å².